The molecule has 0 saturated heterocycles. The van der Waals surface area contributed by atoms with E-state index in [2.05, 4.69) is 10.5 Å². The van der Waals surface area contributed by atoms with E-state index in [9.17, 15) is 35.9 Å². The monoisotopic (exact) mass is 555 g/mol. The molecule has 0 spiro atoms. The molecule has 0 fully saturated rings. The van der Waals surface area contributed by atoms with Crippen LogP contribution in [0, 0.1) is 12.8 Å². The third-order valence-electron chi connectivity index (χ3n) is 5.09. The maximum absolute atomic E-state index is 14.1. The molecule has 0 aliphatic carbocycles. The lowest BCUT2D eigenvalue weighted by Crippen LogP contribution is -2.41. The number of oxime groups is 1. The molecule has 1 heterocycles. The van der Waals surface area contributed by atoms with Gasteiger partial charge in [-0.2, -0.15) is 26.3 Å². The number of aryl methyl sites for hydroxylation is 1. The van der Waals surface area contributed by atoms with Gasteiger partial charge in [-0.3, -0.25) is 9.59 Å². The van der Waals surface area contributed by atoms with E-state index in [0.717, 1.165) is 0 Å². The van der Waals surface area contributed by atoms with Crippen molar-refractivity contribution in [1.29, 1.82) is 0 Å². The van der Waals surface area contributed by atoms with Crippen molar-refractivity contribution in [2.45, 2.75) is 25.4 Å². The Morgan fingerprint density at radius 1 is 1.00 bits per heavy atom. The molecular formula is C22H17Cl2F6N3O3. The first-order chi connectivity index (χ1) is 16.7. The van der Waals surface area contributed by atoms with Gasteiger partial charge in [0.1, 0.15) is 18.2 Å². The van der Waals surface area contributed by atoms with Crippen LogP contribution in [0.2, 0.25) is 10.0 Å². The van der Waals surface area contributed by atoms with Gasteiger partial charge in [-0.25, -0.2) is 0 Å². The molecule has 2 N–H and O–H groups in total. The molecule has 36 heavy (non-hydrogen) atoms. The lowest BCUT2D eigenvalue weighted by Gasteiger charge is -2.22. The molecule has 0 aromatic heterocycles. The van der Waals surface area contributed by atoms with Gasteiger partial charge in [-0.15, -0.1) is 0 Å². The van der Waals surface area contributed by atoms with Crippen LogP contribution >= 0.6 is 23.2 Å². The van der Waals surface area contributed by atoms with Crippen molar-refractivity contribution in [3.63, 3.8) is 0 Å². The van der Waals surface area contributed by atoms with Gasteiger partial charge in [0.2, 0.25) is 5.91 Å². The van der Waals surface area contributed by atoms with Gasteiger partial charge in [-0.1, -0.05) is 34.4 Å². The number of hydrogen-bond donors (Lipinski definition) is 2. The van der Waals surface area contributed by atoms with Gasteiger partial charge >= 0.3 is 12.4 Å². The summed E-state index contributed by atoms with van der Waals surface area (Å²) in [5.74, 6) is -4.03. The molecule has 0 bridgehead atoms. The molecular weight excluding hydrogens is 539 g/mol. The van der Waals surface area contributed by atoms with Gasteiger partial charge in [0.15, 0.2) is 6.10 Å². The van der Waals surface area contributed by atoms with E-state index < -0.39 is 55.0 Å². The Bertz CT molecular complexity index is 1180. The molecule has 1 aliphatic rings. The number of amides is 2. The van der Waals surface area contributed by atoms with Crippen LogP contribution in [0.15, 0.2) is 41.6 Å². The summed E-state index contributed by atoms with van der Waals surface area (Å²) in [7, 11) is 0. The van der Waals surface area contributed by atoms with Gasteiger partial charge in [0.25, 0.3) is 5.91 Å². The van der Waals surface area contributed by atoms with E-state index in [4.69, 9.17) is 28.0 Å². The highest BCUT2D eigenvalue weighted by Crippen LogP contribution is 2.45. The van der Waals surface area contributed by atoms with Gasteiger partial charge in [0, 0.05) is 21.2 Å². The van der Waals surface area contributed by atoms with Crippen LogP contribution in [0.1, 0.15) is 33.2 Å². The molecule has 0 radical (unpaired) electrons. The minimum atomic E-state index is -4.76. The third-order valence-corrected chi connectivity index (χ3v) is 5.53. The number of benzene rings is 2. The second kappa shape index (κ2) is 10.6. The summed E-state index contributed by atoms with van der Waals surface area (Å²) in [5.41, 5.74) is -0.0811. The fourth-order valence-corrected chi connectivity index (χ4v) is 4.06. The Morgan fingerprint density at radius 3 is 2.19 bits per heavy atom. The van der Waals surface area contributed by atoms with Crippen molar-refractivity contribution in [2.75, 3.05) is 13.1 Å². The summed E-state index contributed by atoms with van der Waals surface area (Å²) in [6, 6.07) is 7.66. The molecule has 2 atom stereocenters. The Labute approximate surface area is 210 Å². The average Bonchev–Trinajstić information content (AvgIpc) is 3.21. The molecule has 194 valence electrons. The predicted octanol–water partition coefficient (Wildman–Crippen LogP) is 5.36. The number of nitrogens with one attached hydrogen (secondary N) is 2. The third kappa shape index (κ3) is 6.82. The number of carbonyl (C=O) groups excluding carboxylic acids is 2. The second-order valence-electron chi connectivity index (χ2n) is 7.83. The van der Waals surface area contributed by atoms with Crippen LogP contribution in [0.5, 0.6) is 0 Å². The van der Waals surface area contributed by atoms with Crippen LogP contribution in [-0.2, 0) is 9.63 Å². The molecule has 2 aromatic rings. The molecule has 0 saturated carbocycles. The van der Waals surface area contributed by atoms with Crippen molar-refractivity contribution in [3.8, 4) is 0 Å². The number of nitrogens with zero attached hydrogens (tertiary/aromatic N) is 1. The Hall–Kier alpha value is -2.99. The smallest absolute Gasteiger partial charge is 0.386 e. The SMILES string of the molecule is Cc1cc(C2=NOC(c3cc(Cl)cc(Cl)c3)C2C(F)(F)F)ccc1C(=O)NCC(=O)NCC(F)(F)F. The largest absolute Gasteiger partial charge is 0.405 e. The van der Waals surface area contributed by atoms with Crippen LogP contribution in [0.3, 0.4) is 0 Å². The maximum atomic E-state index is 14.1. The van der Waals surface area contributed by atoms with Crippen molar-refractivity contribution < 1.29 is 40.8 Å². The Kier molecular flexibility index (Phi) is 8.09. The number of alkyl halides is 6. The maximum Gasteiger partial charge on any atom is 0.405 e. The molecule has 14 heteroatoms. The fraction of sp³-hybridized carbons (Fsp3) is 0.318. The zero-order chi connectivity index (χ0) is 26.8. The van der Waals surface area contributed by atoms with Gasteiger partial charge in [0.05, 0.1) is 6.54 Å². The van der Waals surface area contributed by atoms with E-state index in [0.29, 0.717) is 0 Å². The summed E-state index contributed by atoms with van der Waals surface area (Å²) in [6.07, 6.45) is -10.9. The van der Waals surface area contributed by atoms with E-state index in [1.165, 1.54) is 43.3 Å². The minimum absolute atomic E-state index is 0.00335. The molecule has 2 amide bonds. The first-order valence-electron chi connectivity index (χ1n) is 10.1. The molecule has 2 unspecified atom stereocenters. The average molecular weight is 556 g/mol. The van der Waals surface area contributed by atoms with Crippen LogP contribution < -0.4 is 10.6 Å². The van der Waals surface area contributed by atoms with Gasteiger partial charge in [-0.05, 0) is 48.4 Å². The summed E-state index contributed by atoms with van der Waals surface area (Å²) in [4.78, 5) is 29.0. The standard InChI is InChI=1S/C22H17Cl2F6N3O3/c1-10-4-11(2-3-15(10)20(35)31-8-16(34)32-9-21(25,26)27)18-17(22(28,29)30)19(36-33-18)12-5-13(23)7-14(24)6-12/h2-7,17,19H,8-9H2,1H3,(H,31,35)(H,32,34). The topological polar surface area (TPSA) is 79.8 Å². The summed E-state index contributed by atoms with van der Waals surface area (Å²) in [6.45, 7) is -0.839. The Morgan fingerprint density at radius 2 is 1.64 bits per heavy atom. The van der Waals surface area contributed by atoms with Crippen molar-refractivity contribution in [1.82, 2.24) is 10.6 Å². The van der Waals surface area contributed by atoms with Crippen LogP contribution in [-0.4, -0.2) is 43.0 Å². The number of rotatable bonds is 6. The quantitative estimate of drug-likeness (QED) is 0.471. The lowest BCUT2D eigenvalue weighted by molar-refractivity contribution is -0.177. The first-order valence-corrected chi connectivity index (χ1v) is 10.9. The highest BCUT2D eigenvalue weighted by Gasteiger charge is 2.53. The van der Waals surface area contributed by atoms with E-state index >= 15 is 0 Å². The van der Waals surface area contributed by atoms with E-state index in [-0.39, 0.29) is 32.3 Å². The zero-order valence-electron chi connectivity index (χ0n) is 18.2. The number of carbonyl (C=O) groups is 2. The molecule has 1 aliphatic heterocycles. The van der Waals surface area contributed by atoms with Crippen molar-refractivity contribution in [3.05, 3.63) is 68.7 Å². The Balaban J connectivity index is 1.77. The number of hydrogen-bond acceptors (Lipinski definition) is 4. The highest BCUT2D eigenvalue weighted by molar-refractivity contribution is 6.34. The predicted molar refractivity (Wildman–Crippen MR) is 119 cm³/mol. The molecule has 3 rings (SSSR count). The summed E-state index contributed by atoms with van der Waals surface area (Å²) >= 11 is 11.8. The number of halogens is 8. The minimum Gasteiger partial charge on any atom is -0.386 e. The zero-order valence-corrected chi connectivity index (χ0v) is 19.7. The van der Waals surface area contributed by atoms with Crippen LogP contribution in [0.4, 0.5) is 26.3 Å². The lowest BCUT2D eigenvalue weighted by atomic mass is 9.87. The second-order valence-corrected chi connectivity index (χ2v) is 8.70. The fourth-order valence-electron chi connectivity index (χ4n) is 3.52. The van der Waals surface area contributed by atoms with E-state index in [1.807, 2.05) is 0 Å². The van der Waals surface area contributed by atoms with Crippen molar-refractivity contribution in [2.24, 2.45) is 11.1 Å². The van der Waals surface area contributed by atoms with Gasteiger partial charge < -0.3 is 15.5 Å². The first kappa shape index (κ1) is 27.6. The normalized spacial score (nSPS) is 17.9. The molecule has 2 aromatic carbocycles. The molecule has 6 nitrogen and oxygen atoms in total. The van der Waals surface area contributed by atoms with E-state index in [1.54, 1.807) is 5.32 Å². The van der Waals surface area contributed by atoms with Crippen LogP contribution in [0.25, 0.3) is 0 Å². The highest BCUT2D eigenvalue weighted by atomic mass is 35.5. The van der Waals surface area contributed by atoms with Crippen molar-refractivity contribution >= 4 is 40.7 Å². The summed E-state index contributed by atoms with van der Waals surface area (Å²) in [5, 5.41) is 7.65. The summed E-state index contributed by atoms with van der Waals surface area (Å²) < 4.78 is 78.6.